The van der Waals surface area contributed by atoms with Gasteiger partial charge in [-0.25, -0.2) is 9.97 Å². The summed E-state index contributed by atoms with van der Waals surface area (Å²) in [5, 5.41) is 11.4. The van der Waals surface area contributed by atoms with Crippen LogP contribution in [0.1, 0.15) is 5.69 Å². The highest BCUT2D eigenvalue weighted by Gasteiger charge is 2.28. The van der Waals surface area contributed by atoms with E-state index < -0.39 is 4.92 Å². The van der Waals surface area contributed by atoms with Crippen molar-refractivity contribution in [1.82, 2.24) is 9.97 Å². The average molecular weight is 262 g/mol. The lowest BCUT2D eigenvalue weighted by molar-refractivity contribution is -0.389. The molecule has 1 saturated heterocycles. The summed E-state index contributed by atoms with van der Waals surface area (Å²) in [6, 6.07) is 0. The molecule has 0 unspecified atom stereocenters. The second kappa shape index (κ2) is 4.52. The molecule has 1 aromatic rings. The Bertz CT molecular complexity index is 439. The first-order valence-electron chi connectivity index (χ1n) is 4.51. The van der Waals surface area contributed by atoms with E-state index in [4.69, 9.17) is 16.3 Å². The minimum Gasteiger partial charge on any atom is -0.379 e. The Kier molecular flexibility index (Phi) is 3.27. The highest BCUT2D eigenvalue weighted by molar-refractivity contribution is 8.00. The minimum atomic E-state index is -0.479. The van der Waals surface area contributed by atoms with Crippen LogP contribution in [0, 0.1) is 17.0 Å². The van der Waals surface area contributed by atoms with Crippen molar-refractivity contribution in [1.29, 1.82) is 0 Å². The molecule has 0 aromatic carbocycles. The van der Waals surface area contributed by atoms with Crippen molar-refractivity contribution in [3.8, 4) is 0 Å². The molecule has 6 nitrogen and oxygen atoms in total. The van der Waals surface area contributed by atoms with Crippen LogP contribution < -0.4 is 0 Å². The van der Waals surface area contributed by atoms with E-state index in [2.05, 4.69) is 9.97 Å². The lowest BCUT2D eigenvalue weighted by Crippen LogP contribution is -2.30. The first-order valence-corrected chi connectivity index (χ1v) is 5.76. The van der Waals surface area contributed by atoms with E-state index in [0.717, 1.165) is 0 Å². The van der Waals surface area contributed by atoms with Crippen LogP contribution in [-0.4, -0.2) is 33.4 Å². The fourth-order valence-corrected chi connectivity index (χ4v) is 2.62. The fraction of sp³-hybridized carbons (Fsp3) is 0.500. The van der Waals surface area contributed by atoms with Gasteiger partial charge in [0.15, 0.2) is 5.03 Å². The van der Waals surface area contributed by atoms with Gasteiger partial charge in [-0.15, -0.1) is 0 Å². The number of rotatable bonds is 3. The number of hydrogen-bond donors (Lipinski definition) is 0. The van der Waals surface area contributed by atoms with E-state index >= 15 is 0 Å². The summed E-state index contributed by atoms with van der Waals surface area (Å²) in [7, 11) is 0. The van der Waals surface area contributed by atoms with Gasteiger partial charge in [-0.2, -0.15) is 0 Å². The van der Waals surface area contributed by atoms with Crippen molar-refractivity contribution in [2.75, 3.05) is 13.2 Å². The summed E-state index contributed by atoms with van der Waals surface area (Å²) in [4.78, 5) is 18.1. The lowest BCUT2D eigenvalue weighted by Gasteiger charge is -2.24. The maximum atomic E-state index is 10.9. The standard InChI is InChI=1S/C8H8ClN3O3S/c1-4-6(12(13)14)7(11-8(9)10-4)16-5-2-15-3-5/h5H,2-3H2,1H3. The van der Waals surface area contributed by atoms with E-state index in [1.807, 2.05) is 0 Å². The smallest absolute Gasteiger partial charge is 0.322 e. The maximum absolute atomic E-state index is 10.9. The molecule has 2 heterocycles. The summed E-state index contributed by atoms with van der Waals surface area (Å²) < 4.78 is 5.00. The van der Waals surface area contributed by atoms with Crippen molar-refractivity contribution in [3.05, 3.63) is 21.1 Å². The Balaban J connectivity index is 2.35. The molecule has 8 heteroatoms. The number of hydrogen-bond acceptors (Lipinski definition) is 6. The van der Waals surface area contributed by atoms with Crippen LogP contribution in [0.5, 0.6) is 0 Å². The zero-order valence-corrected chi connectivity index (χ0v) is 9.92. The van der Waals surface area contributed by atoms with Crippen molar-refractivity contribution < 1.29 is 9.66 Å². The number of aromatic nitrogens is 2. The summed E-state index contributed by atoms with van der Waals surface area (Å²) in [5.41, 5.74) is 0.217. The lowest BCUT2D eigenvalue weighted by atomic mass is 10.4. The van der Waals surface area contributed by atoms with Gasteiger partial charge in [0.1, 0.15) is 5.69 Å². The van der Waals surface area contributed by atoms with E-state index in [1.54, 1.807) is 6.92 Å². The third-order valence-corrected chi connectivity index (χ3v) is 3.35. The third-order valence-electron chi connectivity index (χ3n) is 2.07. The Morgan fingerprint density at radius 2 is 2.25 bits per heavy atom. The van der Waals surface area contributed by atoms with Gasteiger partial charge in [-0.05, 0) is 18.5 Å². The summed E-state index contributed by atoms with van der Waals surface area (Å²) in [5.74, 6) is 0. The molecule has 0 amide bonds. The van der Waals surface area contributed by atoms with Crippen LogP contribution in [0.15, 0.2) is 5.03 Å². The molecule has 16 heavy (non-hydrogen) atoms. The third kappa shape index (κ3) is 2.26. The molecule has 0 aliphatic carbocycles. The summed E-state index contributed by atoms with van der Waals surface area (Å²) in [6.07, 6.45) is 0. The van der Waals surface area contributed by atoms with E-state index in [1.165, 1.54) is 11.8 Å². The van der Waals surface area contributed by atoms with Gasteiger partial charge in [-0.3, -0.25) is 10.1 Å². The summed E-state index contributed by atoms with van der Waals surface area (Å²) >= 11 is 6.99. The Labute approximate surface area is 101 Å². The predicted molar refractivity (Wildman–Crippen MR) is 58.9 cm³/mol. The topological polar surface area (TPSA) is 78.2 Å². The SMILES string of the molecule is Cc1nc(Cl)nc(SC2COC2)c1[N+](=O)[O-]. The van der Waals surface area contributed by atoms with Crippen molar-refractivity contribution in [2.45, 2.75) is 17.2 Å². The van der Waals surface area contributed by atoms with Gasteiger partial charge in [0.05, 0.1) is 23.4 Å². The number of thioether (sulfide) groups is 1. The van der Waals surface area contributed by atoms with Crippen LogP contribution in [0.2, 0.25) is 5.28 Å². The number of nitrogens with zero attached hydrogens (tertiary/aromatic N) is 3. The predicted octanol–water partition coefficient (Wildman–Crippen LogP) is 1.84. The largest absolute Gasteiger partial charge is 0.379 e. The van der Waals surface area contributed by atoms with Crippen molar-refractivity contribution >= 4 is 29.1 Å². The molecule has 1 aliphatic heterocycles. The number of halogens is 1. The number of ether oxygens (including phenoxy) is 1. The molecule has 1 fully saturated rings. The van der Waals surface area contributed by atoms with E-state index in [0.29, 0.717) is 18.2 Å². The first-order chi connectivity index (χ1) is 7.58. The highest BCUT2D eigenvalue weighted by Crippen LogP contribution is 2.35. The molecule has 2 rings (SSSR count). The average Bonchev–Trinajstić information content (AvgIpc) is 2.09. The Hall–Kier alpha value is -0.920. The van der Waals surface area contributed by atoms with Gasteiger partial charge in [0.25, 0.3) is 0 Å². The summed E-state index contributed by atoms with van der Waals surface area (Å²) in [6.45, 7) is 2.72. The van der Waals surface area contributed by atoms with Gasteiger partial charge in [0.2, 0.25) is 5.28 Å². The molecule has 0 saturated carbocycles. The molecule has 86 valence electrons. The monoisotopic (exact) mass is 261 g/mol. The Morgan fingerprint density at radius 1 is 1.56 bits per heavy atom. The van der Waals surface area contributed by atoms with Crippen LogP contribution in [-0.2, 0) is 4.74 Å². The van der Waals surface area contributed by atoms with E-state index in [-0.39, 0.29) is 21.9 Å². The zero-order chi connectivity index (χ0) is 11.7. The first kappa shape index (κ1) is 11.6. The second-order valence-corrected chi connectivity index (χ2v) is 4.89. The van der Waals surface area contributed by atoms with Crippen molar-refractivity contribution in [2.24, 2.45) is 0 Å². The number of aryl methyl sites for hydroxylation is 1. The Morgan fingerprint density at radius 3 is 2.75 bits per heavy atom. The van der Waals surface area contributed by atoms with Gasteiger partial charge >= 0.3 is 5.69 Å². The molecule has 1 aromatic heterocycles. The molecule has 0 bridgehead atoms. The minimum absolute atomic E-state index is 0.0332. The molecular formula is C8H8ClN3O3S. The van der Waals surface area contributed by atoms with Gasteiger partial charge < -0.3 is 4.74 Å². The van der Waals surface area contributed by atoms with Gasteiger partial charge in [0, 0.05) is 0 Å². The second-order valence-electron chi connectivity index (χ2n) is 3.27. The number of nitro groups is 1. The van der Waals surface area contributed by atoms with Crippen LogP contribution in [0.3, 0.4) is 0 Å². The fourth-order valence-electron chi connectivity index (χ4n) is 1.24. The normalized spacial score (nSPS) is 15.9. The maximum Gasteiger partial charge on any atom is 0.322 e. The zero-order valence-electron chi connectivity index (χ0n) is 8.34. The molecule has 0 radical (unpaired) electrons. The van der Waals surface area contributed by atoms with Crippen LogP contribution in [0.4, 0.5) is 5.69 Å². The van der Waals surface area contributed by atoms with Crippen molar-refractivity contribution in [3.63, 3.8) is 0 Å². The molecule has 1 aliphatic rings. The van der Waals surface area contributed by atoms with E-state index in [9.17, 15) is 10.1 Å². The highest BCUT2D eigenvalue weighted by atomic mass is 35.5. The van der Waals surface area contributed by atoms with Crippen LogP contribution >= 0.6 is 23.4 Å². The molecular weight excluding hydrogens is 254 g/mol. The quantitative estimate of drug-likeness (QED) is 0.358. The molecule has 0 atom stereocenters. The molecule has 0 spiro atoms. The van der Waals surface area contributed by atoms with Crippen LogP contribution in [0.25, 0.3) is 0 Å². The molecule has 0 N–H and O–H groups in total. The van der Waals surface area contributed by atoms with Gasteiger partial charge in [-0.1, -0.05) is 11.8 Å².